The largest absolute Gasteiger partial charge is 0.360 e. The maximum Gasteiger partial charge on any atom is 0.248 e. The van der Waals surface area contributed by atoms with Gasteiger partial charge in [0.05, 0.1) is 5.75 Å². The van der Waals surface area contributed by atoms with Gasteiger partial charge in [0.25, 0.3) is 0 Å². The zero-order chi connectivity index (χ0) is 23.6. The molecule has 0 saturated carbocycles. The van der Waals surface area contributed by atoms with Crippen LogP contribution in [0.1, 0.15) is 18.4 Å². The Kier molecular flexibility index (Phi) is 6.86. The summed E-state index contributed by atoms with van der Waals surface area (Å²) < 4.78 is 34.3. The fourth-order valence-corrected chi connectivity index (χ4v) is 6.47. The minimum Gasteiger partial charge on any atom is -0.360 e. The van der Waals surface area contributed by atoms with Gasteiger partial charge < -0.3 is 14.0 Å². The summed E-state index contributed by atoms with van der Waals surface area (Å²) in [4.78, 5) is 14.6. The summed E-state index contributed by atoms with van der Waals surface area (Å²) in [5.74, 6) is 1.20. The van der Waals surface area contributed by atoms with E-state index in [9.17, 15) is 13.2 Å². The van der Waals surface area contributed by atoms with E-state index < -0.39 is 10.0 Å². The Balaban J connectivity index is 1.36. The maximum absolute atomic E-state index is 13.0. The van der Waals surface area contributed by atoms with Gasteiger partial charge in [0, 0.05) is 38.3 Å². The number of thioether (sulfide) groups is 1. The van der Waals surface area contributed by atoms with Crippen molar-refractivity contribution in [2.45, 2.75) is 37.4 Å². The molecule has 0 unspecified atom stereocenters. The van der Waals surface area contributed by atoms with Crippen molar-refractivity contribution in [2.75, 3.05) is 31.9 Å². The predicted octanol–water partition coefficient (Wildman–Crippen LogP) is 2.20. The van der Waals surface area contributed by atoms with E-state index in [1.54, 1.807) is 18.7 Å². The van der Waals surface area contributed by atoms with Crippen molar-refractivity contribution in [1.82, 2.24) is 29.1 Å². The summed E-state index contributed by atoms with van der Waals surface area (Å²) in [6.45, 7) is 7.01. The van der Waals surface area contributed by atoms with E-state index in [1.165, 1.54) is 16.1 Å². The van der Waals surface area contributed by atoms with Gasteiger partial charge in [-0.1, -0.05) is 47.3 Å². The minimum absolute atomic E-state index is 0.0544. The van der Waals surface area contributed by atoms with Crippen LogP contribution in [0.5, 0.6) is 0 Å². The number of nitrogens with zero attached hydrogens (tertiary/aromatic N) is 6. The summed E-state index contributed by atoms with van der Waals surface area (Å²) in [5, 5.41) is 13.0. The zero-order valence-electron chi connectivity index (χ0n) is 18.8. The molecule has 0 spiro atoms. The van der Waals surface area contributed by atoms with E-state index in [-0.39, 0.29) is 35.4 Å². The highest BCUT2D eigenvalue weighted by Crippen LogP contribution is 2.26. The molecule has 0 radical (unpaired) electrons. The van der Waals surface area contributed by atoms with Gasteiger partial charge >= 0.3 is 0 Å². The predicted molar refractivity (Wildman–Crippen MR) is 123 cm³/mol. The lowest BCUT2D eigenvalue weighted by molar-refractivity contribution is -0.129. The molecule has 2 aromatic heterocycles. The third kappa shape index (κ3) is 4.68. The first-order valence-corrected chi connectivity index (χ1v) is 13.1. The van der Waals surface area contributed by atoms with Gasteiger partial charge in [-0.05, 0) is 20.8 Å². The van der Waals surface area contributed by atoms with Crippen molar-refractivity contribution in [3.63, 3.8) is 0 Å². The lowest BCUT2D eigenvalue weighted by Crippen LogP contribution is -2.51. The van der Waals surface area contributed by atoms with Crippen LogP contribution in [0.25, 0.3) is 11.4 Å². The molecule has 1 aliphatic rings. The monoisotopic (exact) mass is 490 g/mol. The number of piperazine rings is 1. The third-order valence-electron chi connectivity index (χ3n) is 5.55. The van der Waals surface area contributed by atoms with Crippen LogP contribution in [-0.2, 0) is 21.4 Å². The summed E-state index contributed by atoms with van der Waals surface area (Å²) >= 11 is 1.34. The third-order valence-corrected chi connectivity index (χ3v) is 8.64. The molecule has 1 amide bonds. The summed E-state index contributed by atoms with van der Waals surface area (Å²) in [7, 11) is -3.70. The Morgan fingerprint density at radius 2 is 1.79 bits per heavy atom. The Morgan fingerprint density at radius 1 is 1.09 bits per heavy atom. The van der Waals surface area contributed by atoms with Crippen molar-refractivity contribution in [3.05, 3.63) is 41.8 Å². The smallest absolute Gasteiger partial charge is 0.248 e. The average molecular weight is 491 g/mol. The van der Waals surface area contributed by atoms with Crippen LogP contribution in [0, 0.1) is 13.8 Å². The van der Waals surface area contributed by atoms with E-state index >= 15 is 0 Å². The molecule has 1 saturated heterocycles. The van der Waals surface area contributed by atoms with Crippen LogP contribution >= 0.6 is 11.8 Å². The fraction of sp³-hybridized carbons (Fsp3) is 0.429. The molecule has 0 bridgehead atoms. The molecule has 3 heterocycles. The van der Waals surface area contributed by atoms with E-state index in [1.807, 2.05) is 41.8 Å². The van der Waals surface area contributed by atoms with Gasteiger partial charge in [0.2, 0.25) is 15.9 Å². The van der Waals surface area contributed by atoms with Crippen LogP contribution in [0.2, 0.25) is 0 Å². The van der Waals surface area contributed by atoms with Crippen LogP contribution in [0.4, 0.5) is 0 Å². The summed E-state index contributed by atoms with van der Waals surface area (Å²) in [6, 6.07) is 9.81. The van der Waals surface area contributed by atoms with Crippen LogP contribution < -0.4 is 0 Å². The number of hydrogen-bond acceptors (Lipinski definition) is 8. The second-order valence-corrected chi connectivity index (χ2v) is 10.5. The number of aryl methyl sites for hydroxylation is 2. The van der Waals surface area contributed by atoms with Crippen molar-refractivity contribution >= 4 is 27.7 Å². The molecule has 1 aliphatic heterocycles. The van der Waals surface area contributed by atoms with E-state index in [0.29, 0.717) is 30.5 Å². The maximum atomic E-state index is 13.0. The molecule has 0 N–H and O–H groups in total. The molecule has 12 heteroatoms. The molecule has 33 heavy (non-hydrogen) atoms. The molecule has 1 aromatic carbocycles. The van der Waals surface area contributed by atoms with Crippen molar-refractivity contribution in [3.8, 4) is 11.4 Å². The van der Waals surface area contributed by atoms with Crippen molar-refractivity contribution < 1.29 is 17.7 Å². The van der Waals surface area contributed by atoms with Gasteiger partial charge in [-0.25, -0.2) is 8.42 Å². The Morgan fingerprint density at radius 3 is 2.39 bits per heavy atom. The van der Waals surface area contributed by atoms with Gasteiger partial charge in [-0.3, -0.25) is 4.79 Å². The summed E-state index contributed by atoms with van der Waals surface area (Å²) in [6.07, 6.45) is 0. The van der Waals surface area contributed by atoms with Crippen LogP contribution in [0.15, 0.2) is 44.9 Å². The first-order chi connectivity index (χ1) is 15.8. The van der Waals surface area contributed by atoms with Crippen LogP contribution in [0.3, 0.4) is 0 Å². The Bertz CT molecular complexity index is 1210. The van der Waals surface area contributed by atoms with Gasteiger partial charge in [-0.15, -0.1) is 10.2 Å². The lowest BCUT2D eigenvalue weighted by Gasteiger charge is -2.33. The topological polar surface area (TPSA) is 114 Å². The van der Waals surface area contributed by atoms with Crippen molar-refractivity contribution in [1.29, 1.82) is 0 Å². The fourth-order valence-electron chi connectivity index (χ4n) is 3.85. The second-order valence-electron chi connectivity index (χ2n) is 7.64. The van der Waals surface area contributed by atoms with Crippen molar-refractivity contribution in [2.24, 2.45) is 0 Å². The number of carbonyl (C=O) groups excluding carboxylic acids is 1. The normalized spacial score (nSPS) is 15.2. The van der Waals surface area contributed by atoms with Gasteiger partial charge in [0.15, 0.2) is 16.7 Å². The molecule has 4 rings (SSSR count). The van der Waals surface area contributed by atoms with Gasteiger partial charge in [-0.2, -0.15) is 4.31 Å². The SMILES string of the molecule is CCn1c(SCC(=O)N2CCN(S(=O)(=O)c3c(C)noc3C)CC2)nnc1-c1ccccc1. The molecule has 1 fully saturated rings. The number of carbonyl (C=O) groups is 1. The first-order valence-electron chi connectivity index (χ1n) is 10.6. The number of amides is 1. The highest BCUT2D eigenvalue weighted by atomic mass is 32.2. The molecule has 0 aliphatic carbocycles. The number of aromatic nitrogens is 4. The van der Waals surface area contributed by atoms with E-state index in [4.69, 9.17) is 4.52 Å². The van der Waals surface area contributed by atoms with Gasteiger partial charge in [0.1, 0.15) is 10.6 Å². The van der Waals surface area contributed by atoms with E-state index in [2.05, 4.69) is 15.4 Å². The highest BCUT2D eigenvalue weighted by Gasteiger charge is 2.34. The lowest BCUT2D eigenvalue weighted by atomic mass is 10.2. The number of hydrogen-bond donors (Lipinski definition) is 0. The molecule has 176 valence electrons. The van der Waals surface area contributed by atoms with E-state index in [0.717, 1.165) is 11.4 Å². The quantitative estimate of drug-likeness (QED) is 0.463. The molecule has 3 aromatic rings. The second kappa shape index (κ2) is 9.65. The molecular formula is C21H26N6O4S2. The Labute approximate surface area is 197 Å². The van der Waals surface area contributed by atoms with Crippen LogP contribution in [-0.4, -0.2) is 75.4 Å². The molecular weight excluding hydrogens is 464 g/mol. The number of rotatable bonds is 7. The molecule has 0 atom stereocenters. The standard InChI is InChI=1S/C21H26N6O4S2/c1-4-27-20(17-8-6-5-7-9-17)22-23-21(27)32-14-18(28)25-10-12-26(13-11-25)33(29,30)19-15(2)24-31-16(19)3/h5-9H,4,10-14H2,1-3H3. The number of benzene rings is 1. The minimum atomic E-state index is -3.70. The highest BCUT2D eigenvalue weighted by molar-refractivity contribution is 7.99. The zero-order valence-corrected chi connectivity index (χ0v) is 20.4. The summed E-state index contributed by atoms with van der Waals surface area (Å²) in [5.41, 5.74) is 1.32. The Hall–Kier alpha value is -2.70. The number of sulfonamides is 1. The first kappa shape index (κ1) is 23.5. The molecule has 10 nitrogen and oxygen atoms in total. The average Bonchev–Trinajstić information content (AvgIpc) is 3.40.